The van der Waals surface area contributed by atoms with E-state index >= 15 is 0 Å². The molecule has 26 heavy (non-hydrogen) atoms. The minimum atomic E-state index is -0.298. The van der Waals surface area contributed by atoms with E-state index in [4.69, 9.17) is 18.6 Å². The van der Waals surface area contributed by atoms with Crippen molar-refractivity contribution in [3.63, 3.8) is 0 Å². The number of amides is 2. The van der Waals surface area contributed by atoms with Crippen molar-refractivity contribution in [1.82, 2.24) is 10.6 Å². The van der Waals surface area contributed by atoms with Crippen LogP contribution in [0.25, 0.3) is 0 Å². The third-order valence-electron chi connectivity index (χ3n) is 4.07. The van der Waals surface area contributed by atoms with E-state index in [1.807, 2.05) is 45.0 Å². The second-order valence-corrected chi connectivity index (χ2v) is 5.97. The van der Waals surface area contributed by atoms with E-state index < -0.39 is 0 Å². The molecule has 0 radical (unpaired) electrons. The van der Waals surface area contributed by atoms with Gasteiger partial charge in [0.15, 0.2) is 11.5 Å². The van der Waals surface area contributed by atoms with Crippen molar-refractivity contribution in [3.05, 3.63) is 41.3 Å². The van der Waals surface area contributed by atoms with Gasteiger partial charge in [-0.1, -0.05) is 0 Å². The smallest absolute Gasteiger partial charge is 0.315 e. The van der Waals surface area contributed by atoms with Crippen molar-refractivity contribution in [3.8, 4) is 17.2 Å². The van der Waals surface area contributed by atoms with Crippen molar-refractivity contribution < 1.29 is 23.4 Å². The monoisotopic (exact) mass is 362 g/mol. The number of furan rings is 1. The van der Waals surface area contributed by atoms with E-state index in [-0.39, 0.29) is 18.1 Å². The number of urea groups is 1. The van der Waals surface area contributed by atoms with Gasteiger partial charge in [-0.05, 0) is 50.6 Å². The Labute approximate surface area is 153 Å². The average molecular weight is 362 g/mol. The van der Waals surface area contributed by atoms with Crippen LogP contribution in [0.1, 0.15) is 43.0 Å². The fraction of sp³-hybridized carbons (Fsp3) is 0.421. The van der Waals surface area contributed by atoms with Crippen LogP contribution in [-0.4, -0.2) is 27.4 Å². The van der Waals surface area contributed by atoms with Gasteiger partial charge in [0.1, 0.15) is 11.5 Å². The number of rotatable bonds is 7. The highest BCUT2D eigenvalue weighted by Crippen LogP contribution is 2.39. The molecule has 0 aliphatic carbocycles. The summed E-state index contributed by atoms with van der Waals surface area (Å²) in [7, 11) is 4.66. The van der Waals surface area contributed by atoms with Crippen LogP contribution in [0.4, 0.5) is 4.79 Å². The molecule has 1 aromatic carbocycles. The molecule has 0 saturated carbocycles. The lowest BCUT2D eigenvalue weighted by Crippen LogP contribution is -2.38. The van der Waals surface area contributed by atoms with Gasteiger partial charge in [-0.25, -0.2) is 4.79 Å². The predicted octanol–water partition coefficient (Wildman–Crippen LogP) is 3.74. The molecule has 0 spiro atoms. The largest absolute Gasteiger partial charge is 0.493 e. The highest BCUT2D eigenvalue weighted by atomic mass is 16.5. The normalized spacial score (nSPS) is 12.8. The van der Waals surface area contributed by atoms with Gasteiger partial charge in [0.05, 0.1) is 33.4 Å². The Balaban J connectivity index is 2.08. The fourth-order valence-corrected chi connectivity index (χ4v) is 2.63. The van der Waals surface area contributed by atoms with Crippen molar-refractivity contribution in [2.75, 3.05) is 21.3 Å². The number of carbonyl (C=O) groups is 1. The second kappa shape index (κ2) is 8.51. The van der Waals surface area contributed by atoms with Crippen LogP contribution in [0, 0.1) is 6.92 Å². The van der Waals surface area contributed by atoms with E-state index in [1.54, 1.807) is 21.3 Å². The first kappa shape index (κ1) is 19.5. The molecule has 0 bridgehead atoms. The summed E-state index contributed by atoms with van der Waals surface area (Å²) < 4.78 is 21.6. The zero-order chi connectivity index (χ0) is 19.3. The topological polar surface area (TPSA) is 82.0 Å². The maximum absolute atomic E-state index is 12.3. The minimum Gasteiger partial charge on any atom is -0.493 e. The quantitative estimate of drug-likeness (QED) is 0.784. The third-order valence-corrected chi connectivity index (χ3v) is 4.07. The Morgan fingerprint density at radius 3 is 2.00 bits per heavy atom. The number of carbonyl (C=O) groups excluding carboxylic acids is 1. The van der Waals surface area contributed by atoms with Crippen molar-refractivity contribution in [1.29, 1.82) is 0 Å². The van der Waals surface area contributed by atoms with Gasteiger partial charge in [0, 0.05) is 0 Å². The Bertz CT molecular complexity index is 731. The van der Waals surface area contributed by atoms with E-state index in [0.29, 0.717) is 23.0 Å². The van der Waals surface area contributed by atoms with Crippen LogP contribution in [0.2, 0.25) is 0 Å². The minimum absolute atomic E-state index is 0.240. The second-order valence-electron chi connectivity index (χ2n) is 5.97. The average Bonchev–Trinajstić information content (AvgIpc) is 3.06. The van der Waals surface area contributed by atoms with Gasteiger partial charge < -0.3 is 29.3 Å². The molecule has 0 aliphatic heterocycles. The number of nitrogens with one attached hydrogen (secondary N) is 2. The standard InChI is InChI=1S/C19H26N2O5/c1-11-7-8-15(26-11)13(3)21-19(22)20-12(2)14-9-16(23-4)18(25-6)17(10-14)24-5/h7-10,12-13H,1-6H3,(H2,20,21,22). The number of methoxy groups -OCH3 is 3. The summed E-state index contributed by atoms with van der Waals surface area (Å²) in [4.78, 5) is 12.3. The van der Waals surface area contributed by atoms with Crippen molar-refractivity contribution in [2.24, 2.45) is 0 Å². The Hall–Kier alpha value is -2.83. The fourth-order valence-electron chi connectivity index (χ4n) is 2.63. The molecule has 2 rings (SSSR count). The summed E-state index contributed by atoms with van der Waals surface area (Å²) in [6.07, 6.45) is 0. The zero-order valence-corrected chi connectivity index (χ0v) is 16.0. The first-order chi connectivity index (χ1) is 12.4. The molecule has 2 amide bonds. The number of hydrogen-bond acceptors (Lipinski definition) is 5. The highest BCUT2D eigenvalue weighted by Gasteiger charge is 2.19. The molecule has 1 heterocycles. The zero-order valence-electron chi connectivity index (χ0n) is 16.0. The van der Waals surface area contributed by atoms with E-state index in [9.17, 15) is 4.79 Å². The molecule has 1 aromatic heterocycles. The van der Waals surface area contributed by atoms with Crippen LogP contribution < -0.4 is 24.8 Å². The van der Waals surface area contributed by atoms with Gasteiger partial charge in [0.25, 0.3) is 0 Å². The van der Waals surface area contributed by atoms with Crippen molar-refractivity contribution in [2.45, 2.75) is 32.9 Å². The number of benzene rings is 1. The Kier molecular flexibility index (Phi) is 6.38. The van der Waals surface area contributed by atoms with E-state index in [2.05, 4.69) is 10.6 Å². The molecule has 7 nitrogen and oxygen atoms in total. The van der Waals surface area contributed by atoms with Gasteiger partial charge in [-0.3, -0.25) is 0 Å². The SMILES string of the molecule is COc1cc(C(C)NC(=O)NC(C)c2ccc(C)o2)cc(OC)c1OC. The molecule has 0 fully saturated rings. The number of ether oxygens (including phenoxy) is 3. The van der Waals surface area contributed by atoms with Gasteiger partial charge in [-0.15, -0.1) is 0 Å². The van der Waals surface area contributed by atoms with Gasteiger partial charge in [-0.2, -0.15) is 0 Å². The van der Waals surface area contributed by atoms with Crippen LogP contribution in [0.15, 0.2) is 28.7 Å². The summed E-state index contributed by atoms with van der Waals surface area (Å²) in [5.41, 5.74) is 0.830. The number of hydrogen-bond donors (Lipinski definition) is 2. The van der Waals surface area contributed by atoms with Crippen molar-refractivity contribution >= 4 is 6.03 Å². The summed E-state index contributed by atoms with van der Waals surface area (Å²) in [6, 6.07) is 6.53. The molecule has 2 unspecified atom stereocenters. The van der Waals surface area contributed by atoms with Crippen LogP contribution in [0.5, 0.6) is 17.2 Å². The van der Waals surface area contributed by atoms with Crippen LogP contribution in [0.3, 0.4) is 0 Å². The lowest BCUT2D eigenvalue weighted by Gasteiger charge is -2.20. The number of aryl methyl sites for hydroxylation is 1. The molecule has 2 N–H and O–H groups in total. The summed E-state index contributed by atoms with van der Waals surface area (Å²) in [6.45, 7) is 5.60. The molecule has 142 valence electrons. The van der Waals surface area contributed by atoms with Gasteiger partial charge in [0.2, 0.25) is 5.75 Å². The van der Waals surface area contributed by atoms with Crippen LogP contribution >= 0.6 is 0 Å². The lowest BCUT2D eigenvalue weighted by molar-refractivity contribution is 0.233. The Morgan fingerprint density at radius 2 is 1.54 bits per heavy atom. The molecule has 0 aliphatic rings. The molecule has 2 aromatic rings. The van der Waals surface area contributed by atoms with E-state index in [1.165, 1.54) is 0 Å². The third kappa shape index (κ3) is 4.41. The summed E-state index contributed by atoms with van der Waals surface area (Å²) in [5, 5.41) is 5.76. The molecule has 0 saturated heterocycles. The predicted molar refractivity (Wildman–Crippen MR) is 98.0 cm³/mol. The summed E-state index contributed by atoms with van der Waals surface area (Å²) >= 11 is 0. The molecular formula is C19H26N2O5. The molecule has 7 heteroatoms. The maximum atomic E-state index is 12.3. The first-order valence-electron chi connectivity index (χ1n) is 8.32. The lowest BCUT2D eigenvalue weighted by atomic mass is 10.1. The Morgan fingerprint density at radius 1 is 0.962 bits per heavy atom. The highest BCUT2D eigenvalue weighted by molar-refractivity contribution is 5.75. The maximum Gasteiger partial charge on any atom is 0.315 e. The van der Waals surface area contributed by atoms with E-state index in [0.717, 1.165) is 11.3 Å². The van der Waals surface area contributed by atoms with Gasteiger partial charge >= 0.3 is 6.03 Å². The molecule has 2 atom stereocenters. The van der Waals surface area contributed by atoms with Crippen LogP contribution in [-0.2, 0) is 0 Å². The summed E-state index contributed by atoms with van der Waals surface area (Å²) in [5.74, 6) is 3.10. The first-order valence-corrected chi connectivity index (χ1v) is 8.32. The molecular weight excluding hydrogens is 336 g/mol.